The fourth-order valence-corrected chi connectivity index (χ4v) is 0.960. The lowest BCUT2D eigenvalue weighted by Gasteiger charge is -2.00. The third-order valence-corrected chi connectivity index (χ3v) is 1.55. The molecule has 0 spiro atoms. The average Bonchev–Trinajstić information content (AvgIpc) is 2.61. The molecule has 0 fully saturated rings. The van der Waals surface area contributed by atoms with Crippen LogP contribution in [0.2, 0.25) is 0 Å². The minimum atomic E-state index is 0.639. The van der Waals surface area contributed by atoms with E-state index in [1.54, 1.807) is 6.07 Å². The van der Waals surface area contributed by atoms with E-state index in [-0.39, 0.29) is 0 Å². The minimum absolute atomic E-state index is 0.639. The van der Waals surface area contributed by atoms with Gasteiger partial charge in [-0.2, -0.15) is 0 Å². The fraction of sp³-hybridized carbons (Fsp3) is 0.333. The molecule has 0 atom stereocenters. The van der Waals surface area contributed by atoms with Gasteiger partial charge in [0.15, 0.2) is 5.65 Å². The Kier molecular flexibility index (Phi) is 2.01. The normalized spacial score (nSPS) is 10.5. The van der Waals surface area contributed by atoms with Crippen molar-refractivity contribution in [3.8, 4) is 0 Å². The molecular formula is C6H10N7+. The standard InChI is InChI=1S/C6H9N7/c7-3-4-8-5-1-2-6-9-11-12-13(6)10-5/h1-2H,3-4,7H2,(H,8,10)/p+1. The molecule has 7 nitrogen and oxygen atoms in total. The Morgan fingerprint density at radius 2 is 2.38 bits per heavy atom. The molecule has 2 aromatic heterocycles. The van der Waals surface area contributed by atoms with Crippen LogP contribution in [0.15, 0.2) is 12.1 Å². The monoisotopic (exact) mass is 180 g/mol. The number of hydrogen-bond donors (Lipinski definition) is 2. The first-order chi connectivity index (χ1) is 6.40. The van der Waals surface area contributed by atoms with Gasteiger partial charge in [0.25, 0.3) is 0 Å². The van der Waals surface area contributed by atoms with Crippen LogP contribution in [0.5, 0.6) is 0 Å². The molecule has 4 N–H and O–H groups in total. The van der Waals surface area contributed by atoms with E-state index in [0.29, 0.717) is 5.65 Å². The highest BCUT2D eigenvalue weighted by molar-refractivity contribution is 5.41. The van der Waals surface area contributed by atoms with Gasteiger partial charge in [0.05, 0.1) is 13.1 Å². The van der Waals surface area contributed by atoms with Gasteiger partial charge in [-0.15, -0.1) is 14.8 Å². The Morgan fingerprint density at radius 1 is 1.46 bits per heavy atom. The molecule has 2 rings (SSSR count). The molecule has 68 valence electrons. The van der Waals surface area contributed by atoms with Gasteiger partial charge in [-0.05, 0) is 22.6 Å². The van der Waals surface area contributed by atoms with Crippen molar-refractivity contribution in [3.05, 3.63) is 12.1 Å². The van der Waals surface area contributed by atoms with Gasteiger partial charge < -0.3 is 11.1 Å². The third kappa shape index (κ3) is 1.54. The molecule has 0 bridgehead atoms. The van der Waals surface area contributed by atoms with E-state index in [2.05, 4.69) is 31.7 Å². The number of tetrazole rings is 1. The highest BCUT2D eigenvalue weighted by atomic mass is 15.6. The summed E-state index contributed by atoms with van der Waals surface area (Å²) in [6.07, 6.45) is 0. The zero-order chi connectivity index (χ0) is 9.10. The maximum Gasteiger partial charge on any atom is 0.200 e. The van der Waals surface area contributed by atoms with Gasteiger partial charge in [-0.1, -0.05) is 0 Å². The van der Waals surface area contributed by atoms with Crippen LogP contribution in [0.25, 0.3) is 5.65 Å². The van der Waals surface area contributed by atoms with Crippen LogP contribution < -0.4 is 11.1 Å². The highest BCUT2D eigenvalue weighted by Gasteiger charge is 1.98. The SMILES string of the molecule is [NH3+]CCNc1ccc2nnnn2n1. The van der Waals surface area contributed by atoms with Gasteiger partial charge in [0.2, 0.25) is 0 Å². The second kappa shape index (κ2) is 3.31. The lowest BCUT2D eigenvalue weighted by atomic mass is 10.5. The zero-order valence-electron chi connectivity index (χ0n) is 7.01. The van der Waals surface area contributed by atoms with Crippen LogP contribution in [-0.2, 0) is 0 Å². The Bertz CT molecular complexity index is 395. The second-order valence-electron chi connectivity index (χ2n) is 2.53. The highest BCUT2D eigenvalue weighted by Crippen LogP contribution is 2.01. The number of anilines is 1. The minimum Gasteiger partial charge on any atom is -0.363 e. The maximum atomic E-state index is 4.11. The molecule has 2 heterocycles. The molecule has 0 amide bonds. The van der Waals surface area contributed by atoms with E-state index < -0.39 is 0 Å². The predicted molar refractivity (Wildman–Crippen MR) is 44.8 cm³/mol. The third-order valence-electron chi connectivity index (χ3n) is 1.55. The van der Waals surface area contributed by atoms with Crippen molar-refractivity contribution in [2.75, 3.05) is 18.4 Å². The van der Waals surface area contributed by atoms with E-state index in [1.807, 2.05) is 6.07 Å². The lowest BCUT2D eigenvalue weighted by Crippen LogP contribution is -2.53. The summed E-state index contributed by atoms with van der Waals surface area (Å²) >= 11 is 0. The van der Waals surface area contributed by atoms with Crippen molar-refractivity contribution in [3.63, 3.8) is 0 Å². The summed E-state index contributed by atoms with van der Waals surface area (Å²) in [6.45, 7) is 1.61. The van der Waals surface area contributed by atoms with Crippen LogP contribution in [-0.4, -0.2) is 38.3 Å². The van der Waals surface area contributed by atoms with Crippen molar-refractivity contribution < 1.29 is 5.73 Å². The molecule has 2 aromatic rings. The summed E-state index contributed by atoms with van der Waals surface area (Å²) in [5.74, 6) is 0.753. The Labute approximate surface area is 73.9 Å². The Hall–Kier alpha value is -1.76. The van der Waals surface area contributed by atoms with Gasteiger partial charge >= 0.3 is 0 Å². The summed E-state index contributed by atoms with van der Waals surface area (Å²) in [5.41, 5.74) is 4.35. The number of quaternary nitrogens is 1. The van der Waals surface area contributed by atoms with Crippen LogP contribution in [0.1, 0.15) is 0 Å². The van der Waals surface area contributed by atoms with Crippen LogP contribution >= 0.6 is 0 Å². The number of nitrogens with one attached hydrogen (secondary N) is 1. The van der Waals surface area contributed by atoms with E-state index in [4.69, 9.17) is 0 Å². The Morgan fingerprint density at radius 3 is 3.23 bits per heavy atom. The van der Waals surface area contributed by atoms with Crippen LogP contribution in [0.3, 0.4) is 0 Å². The summed E-state index contributed by atoms with van der Waals surface area (Å²) in [4.78, 5) is 0. The smallest absolute Gasteiger partial charge is 0.200 e. The molecule has 0 unspecified atom stereocenters. The average molecular weight is 180 g/mol. The first kappa shape index (κ1) is 7.87. The van der Waals surface area contributed by atoms with Crippen molar-refractivity contribution in [1.82, 2.24) is 25.3 Å². The molecule has 0 aliphatic heterocycles. The number of nitrogens with zero attached hydrogens (tertiary/aromatic N) is 5. The van der Waals surface area contributed by atoms with Gasteiger partial charge in [0.1, 0.15) is 5.82 Å². The number of fused-ring (bicyclic) bond motifs is 1. The maximum absolute atomic E-state index is 4.11. The van der Waals surface area contributed by atoms with E-state index >= 15 is 0 Å². The molecule has 0 aliphatic carbocycles. The van der Waals surface area contributed by atoms with Crippen molar-refractivity contribution in [2.24, 2.45) is 0 Å². The molecule has 0 saturated heterocycles. The first-order valence-corrected chi connectivity index (χ1v) is 3.99. The summed E-state index contributed by atoms with van der Waals surface area (Å²) in [7, 11) is 0. The van der Waals surface area contributed by atoms with Crippen molar-refractivity contribution in [1.29, 1.82) is 0 Å². The predicted octanol–water partition coefficient (Wildman–Crippen LogP) is -1.83. The largest absolute Gasteiger partial charge is 0.363 e. The second-order valence-corrected chi connectivity index (χ2v) is 2.53. The summed E-state index contributed by atoms with van der Waals surface area (Å²) in [6, 6.07) is 3.64. The number of rotatable bonds is 3. The fourth-order valence-electron chi connectivity index (χ4n) is 0.960. The zero-order valence-corrected chi connectivity index (χ0v) is 7.01. The van der Waals surface area contributed by atoms with E-state index in [1.165, 1.54) is 4.63 Å². The molecular weight excluding hydrogens is 170 g/mol. The molecule has 0 radical (unpaired) electrons. The van der Waals surface area contributed by atoms with Gasteiger partial charge in [-0.3, -0.25) is 0 Å². The Balaban J connectivity index is 2.26. The topological polar surface area (TPSA) is 95.6 Å². The van der Waals surface area contributed by atoms with Crippen molar-refractivity contribution >= 4 is 11.5 Å². The first-order valence-electron chi connectivity index (χ1n) is 3.99. The van der Waals surface area contributed by atoms with Gasteiger partial charge in [0, 0.05) is 0 Å². The molecule has 13 heavy (non-hydrogen) atoms. The molecule has 7 heteroatoms. The number of hydrogen-bond acceptors (Lipinski definition) is 5. The summed E-state index contributed by atoms with van der Waals surface area (Å²) < 4.78 is 1.38. The van der Waals surface area contributed by atoms with Gasteiger partial charge in [-0.25, -0.2) is 0 Å². The van der Waals surface area contributed by atoms with Crippen molar-refractivity contribution in [2.45, 2.75) is 0 Å². The van der Waals surface area contributed by atoms with Crippen LogP contribution in [0.4, 0.5) is 5.82 Å². The lowest BCUT2D eigenvalue weighted by molar-refractivity contribution is -0.362. The molecule has 0 saturated carbocycles. The van der Waals surface area contributed by atoms with Crippen LogP contribution in [0, 0.1) is 0 Å². The van der Waals surface area contributed by atoms with E-state index in [0.717, 1.165) is 18.9 Å². The molecule has 0 aliphatic rings. The number of aromatic nitrogens is 5. The molecule has 0 aromatic carbocycles. The van der Waals surface area contributed by atoms with E-state index in [9.17, 15) is 0 Å². The quantitative estimate of drug-likeness (QED) is 0.579. The summed E-state index contributed by atoms with van der Waals surface area (Å²) in [5, 5.41) is 18.1.